The number of nitrogens with two attached hydrogens (primary N) is 1. The molecule has 2 aliphatic heterocycles. The molecule has 1 atom stereocenters. The smallest absolute Gasteiger partial charge is 0.253 e. The van der Waals surface area contributed by atoms with Gasteiger partial charge in [0.15, 0.2) is 0 Å². The minimum absolute atomic E-state index is 0.0722. The van der Waals surface area contributed by atoms with Crippen molar-refractivity contribution in [1.82, 2.24) is 19.9 Å². The van der Waals surface area contributed by atoms with Crippen LogP contribution in [0.3, 0.4) is 0 Å². The minimum Gasteiger partial charge on any atom is -0.495 e. The van der Waals surface area contributed by atoms with Gasteiger partial charge in [-0.25, -0.2) is 8.78 Å². The summed E-state index contributed by atoms with van der Waals surface area (Å²) in [6.45, 7) is 1.47. The Morgan fingerprint density at radius 2 is 1.95 bits per heavy atom. The number of carbonyl (C=O) groups excluding carboxylic acids is 2. The highest BCUT2D eigenvalue weighted by Crippen LogP contribution is 2.39. The molecule has 0 aliphatic carbocycles. The van der Waals surface area contributed by atoms with Crippen LogP contribution in [0.1, 0.15) is 28.8 Å². The molecule has 0 bridgehead atoms. The molecular weight excluding hydrogens is 534 g/mol. The van der Waals surface area contributed by atoms with Crippen LogP contribution in [0, 0.1) is 11.6 Å². The van der Waals surface area contributed by atoms with Crippen LogP contribution in [0.4, 0.5) is 37.6 Å². The van der Waals surface area contributed by atoms with E-state index >= 15 is 0 Å². The van der Waals surface area contributed by atoms with Gasteiger partial charge in [-0.3, -0.25) is 14.5 Å². The van der Waals surface area contributed by atoms with E-state index in [4.69, 9.17) is 10.5 Å². The van der Waals surface area contributed by atoms with E-state index in [2.05, 4.69) is 30.5 Å². The molecule has 2 aromatic heterocycles. The van der Waals surface area contributed by atoms with E-state index in [1.807, 2.05) is 24.1 Å². The number of hydrogen-bond acceptors (Lipinski definition) is 8. The summed E-state index contributed by atoms with van der Waals surface area (Å²) in [5.74, 6) is -2.14. The summed E-state index contributed by atoms with van der Waals surface area (Å²) in [4.78, 5) is 41.3. The summed E-state index contributed by atoms with van der Waals surface area (Å²) in [5, 5.41) is 6.51. The Labute approximate surface area is 233 Å². The number of amides is 2. The Balaban J connectivity index is 1.36. The van der Waals surface area contributed by atoms with Crippen LogP contribution in [-0.2, 0) is 11.2 Å². The number of carbonyl (C=O) groups is 2. The third-order valence-corrected chi connectivity index (χ3v) is 7.58. The fourth-order valence-corrected chi connectivity index (χ4v) is 5.58. The summed E-state index contributed by atoms with van der Waals surface area (Å²) in [6, 6.07) is 6.82. The van der Waals surface area contributed by atoms with Gasteiger partial charge in [0.05, 0.1) is 35.5 Å². The zero-order valence-electron chi connectivity index (χ0n) is 22.4. The van der Waals surface area contributed by atoms with Gasteiger partial charge in [-0.05, 0) is 62.7 Å². The number of likely N-dealkylation sites (N-methyl/N-ethyl adjacent to an activating group) is 1. The van der Waals surface area contributed by atoms with Crippen LogP contribution < -0.4 is 26.0 Å². The first kappa shape index (κ1) is 26.4. The van der Waals surface area contributed by atoms with E-state index in [1.54, 1.807) is 19.4 Å². The van der Waals surface area contributed by atoms with Crippen molar-refractivity contribution in [3.8, 4) is 5.75 Å². The highest BCUT2D eigenvalue weighted by Gasteiger charge is 2.35. The van der Waals surface area contributed by atoms with Crippen LogP contribution >= 0.6 is 0 Å². The van der Waals surface area contributed by atoms with Crippen molar-refractivity contribution in [2.45, 2.75) is 25.3 Å². The molecule has 0 radical (unpaired) electrons. The van der Waals surface area contributed by atoms with Crippen molar-refractivity contribution in [3.63, 3.8) is 0 Å². The fraction of sp³-hybridized carbons (Fsp3) is 0.286. The van der Waals surface area contributed by atoms with Gasteiger partial charge in [0, 0.05) is 24.5 Å². The molecule has 1 saturated heterocycles. The second kappa shape index (κ2) is 10.3. The van der Waals surface area contributed by atoms with E-state index in [-0.39, 0.29) is 29.4 Å². The number of aromatic nitrogens is 3. The number of aromatic amines is 1. The number of hydrogen-bond donors (Lipinski definition) is 4. The zero-order valence-corrected chi connectivity index (χ0v) is 22.4. The second-order valence-electron chi connectivity index (χ2n) is 10.1. The third-order valence-electron chi connectivity index (χ3n) is 7.58. The van der Waals surface area contributed by atoms with Crippen molar-refractivity contribution in [2.75, 3.05) is 42.8 Å². The van der Waals surface area contributed by atoms with E-state index in [0.29, 0.717) is 41.5 Å². The molecule has 1 fully saturated rings. The van der Waals surface area contributed by atoms with Crippen molar-refractivity contribution < 1.29 is 23.1 Å². The van der Waals surface area contributed by atoms with Crippen molar-refractivity contribution in [2.24, 2.45) is 5.73 Å². The van der Waals surface area contributed by atoms with Gasteiger partial charge in [-0.15, -0.1) is 0 Å². The highest BCUT2D eigenvalue weighted by molar-refractivity contribution is 6.01. The Bertz CT molecular complexity index is 1690. The standard InChI is InChI=1S/C28H28F2N8O3/c1-37-8-3-4-20(37)27(40)38-9-6-14-10-22(41-2)18(13-21(14)38)34-28-35-25-16(5-7-32-25)26(36-28)33-19-12-15(29)11-17(30)23(19)24(31)39/h5,7,10-13,20H,3-4,6,8-9H2,1-2H3,(H2,31,39)(H3,32,33,34,35,36). The van der Waals surface area contributed by atoms with Crippen LogP contribution in [0.5, 0.6) is 5.75 Å². The molecular formula is C28H28F2N8O3. The second-order valence-corrected chi connectivity index (χ2v) is 10.1. The first-order valence-electron chi connectivity index (χ1n) is 13.1. The molecule has 1 unspecified atom stereocenters. The molecule has 5 N–H and O–H groups in total. The monoisotopic (exact) mass is 562 g/mol. The lowest BCUT2D eigenvalue weighted by Gasteiger charge is -2.26. The van der Waals surface area contributed by atoms with Crippen LogP contribution in [0.25, 0.3) is 11.0 Å². The van der Waals surface area contributed by atoms with Gasteiger partial charge in [-0.2, -0.15) is 9.97 Å². The number of anilines is 5. The Kier molecular flexibility index (Phi) is 6.66. The fourth-order valence-electron chi connectivity index (χ4n) is 5.58. The number of halogens is 2. The lowest BCUT2D eigenvalue weighted by molar-refractivity contribution is -0.122. The summed E-state index contributed by atoms with van der Waals surface area (Å²) in [5.41, 5.74) is 7.42. The van der Waals surface area contributed by atoms with Gasteiger partial charge in [-0.1, -0.05) is 0 Å². The maximum atomic E-state index is 14.4. The molecule has 41 heavy (non-hydrogen) atoms. The normalized spacial score (nSPS) is 16.7. The first-order valence-corrected chi connectivity index (χ1v) is 13.1. The number of primary amides is 1. The molecule has 13 heteroatoms. The van der Waals surface area contributed by atoms with Crippen molar-refractivity contribution >= 4 is 51.7 Å². The number of likely N-dealkylation sites (tertiary alicyclic amines) is 1. The molecule has 4 aromatic rings. The summed E-state index contributed by atoms with van der Waals surface area (Å²) in [6.07, 6.45) is 4.16. The van der Waals surface area contributed by atoms with Gasteiger partial charge < -0.3 is 31.0 Å². The summed E-state index contributed by atoms with van der Waals surface area (Å²) in [7, 11) is 3.52. The third kappa shape index (κ3) is 4.78. The number of rotatable bonds is 7. The molecule has 0 saturated carbocycles. The molecule has 4 heterocycles. The maximum absolute atomic E-state index is 14.4. The molecule has 0 spiro atoms. The number of fused-ring (bicyclic) bond motifs is 2. The van der Waals surface area contributed by atoms with E-state index in [0.717, 1.165) is 36.7 Å². The Morgan fingerprint density at radius 3 is 2.68 bits per heavy atom. The van der Waals surface area contributed by atoms with Crippen LogP contribution in [0.2, 0.25) is 0 Å². The lowest BCUT2D eigenvalue weighted by Crippen LogP contribution is -2.43. The predicted molar refractivity (Wildman–Crippen MR) is 150 cm³/mol. The molecule has 11 nitrogen and oxygen atoms in total. The highest BCUT2D eigenvalue weighted by atomic mass is 19.1. The van der Waals surface area contributed by atoms with E-state index in [9.17, 15) is 18.4 Å². The first-order chi connectivity index (χ1) is 19.7. The molecule has 2 aliphatic rings. The Morgan fingerprint density at radius 1 is 1.12 bits per heavy atom. The molecule has 2 amide bonds. The predicted octanol–water partition coefficient (Wildman–Crippen LogP) is 3.81. The number of nitrogens with one attached hydrogen (secondary N) is 3. The van der Waals surface area contributed by atoms with Crippen molar-refractivity contribution in [3.05, 3.63) is 59.3 Å². The van der Waals surface area contributed by atoms with Gasteiger partial charge in [0.2, 0.25) is 11.9 Å². The van der Waals surface area contributed by atoms with Gasteiger partial charge in [0.25, 0.3) is 5.91 Å². The van der Waals surface area contributed by atoms with Crippen LogP contribution in [-0.4, -0.2) is 65.0 Å². The number of methoxy groups -OCH3 is 1. The van der Waals surface area contributed by atoms with E-state index < -0.39 is 23.1 Å². The number of H-pyrrole nitrogens is 1. The van der Waals surface area contributed by atoms with E-state index in [1.165, 1.54) is 0 Å². The quantitative estimate of drug-likeness (QED) is 0.267. The summed E-state index contributed by atoms with van der Waals surface area (Å²) >= 11 is 0. The SMILES string of the molecule is COc1cc2c(cc1Nc1nc(Nc3cc(F)cc(F)c3C(N)=O)c3cc[nH]c3n1)N(C(=O)C1CCCN1C)CC2. The average molecular weight is 563 g/mol. The zero-order chi connectivity index (χ0) is 28.8. The minimum atomic E-state index is -1.09. The van der Waals surface area contributed by atoms with Gasteiger partial charge in [0.1, 0.15) is 28.8 Å². The number of ether oxygens (including phenoxy) is 1. The molecule has 2 aromatic carbocycles. The topological polar surface area (TPSA) is 142 Å². The maximum Gasteiger partial charge on any atom is 0.253 e. The average Bonchev–Trinajstić information content (AvgIpc) is 3.67. The number of benzene rings is 2. The lowest BCUT2D eigenvalue weighted by atomic mass is 10.1. The largest absolute Gasteiger partial charge is 0.495 e. The van der Waals surface area contributed by atoms with Gasteiger partial charge >= 0.3 is 0 Å². The van der Waals surface area contributed by atoms with Crippen molar-refractivity contribution in [1.29, 1.82) is 0 Å². The summed E-state index contributed by atoms with van der Waals surface area (Å²) < 4.78 is 34.1. The Hall–Kier alpha value is -4.78. The number of nitrogens with zero attached hydrogens (tertiary/aromatic N) is 4. The molecule has 6 rings (SSSR count). The molecule has 212 valence electrons. The van der Waals surface area contributed by atoms with Crippen LogP contribution in [0.15, 0.2) is 36.5 Å².